The van der Waals surface area contributed by atoms with Gasteiger partial charge in [0.1, 0.15) is 0 Å². The molecule has 27 heavy (non-hydrogen) atoms. The summed E-state index contributed by atoms with van der Waals surface area (Å²) in [6.07, 6.45) is 0. The van der Waals surface area contributed by atoms with Crippen LogP contribution >= 0.6 is 11.6 Å². The Hall–Kier alpha value is -3.00. The maximum Gasteiger partial charge on any atom is 0.255 e. The smallest absolute Gasteiger partial charge is 0.255 e. The second-order valence-corrected chi connectivity index (χ2v) is 6.28. The summed E-state index contributed by atoms with van der Waals surface area (Å²) in [7, 11) is 1.37. The van der Waals surface area contributed by atoms with Crippen molar-refractivity contribution in [1.29, 1.82) is 0 Å². The van der Waals surface area contributed by atoms with Crippen molar-refractivity contribution in [2.75, 3.05) is 13.7 Å². The number of hydrogen-bond donors (Lipinski definition) is 3. The predicted octanol–water partition coefficient (Wildman–Crippen LogP) is 1.45. The van der Waals surface area contributed by atoms with Gasteiger partial charge in [0.15, 0.2) is 18.1 Å². The van der Waals surface area contributed by atoms with Crippen LogP contribution in [0.25, 0.3) is 0 Å². The fourth-order valence-electron chi connectivity index (χ4n) is 2.51. The molecule has 0 aliphatic carbocycles. The number of primary amides is 1. The molecule has 0 spiro atoms. The minimum absolute atomic E-state index is 0.0557. The first-order chi connectivity index (χ1) is 12.7. The van der Waals surface area contributed by atoms with Crippen molar-refractivity contribution >= 4 is 23.4 Å². The van der Waals surface area contributed by atoms with Crippen LogP contribution in [-0.4, -0.2) is 30.5 Å². The molecule has 2 amide bonds. The van der Waals surface area contributed by atoms with Gasteiger partial charge in [0, 0.05) is 23.4 Å². The molecule has 0 fully saturated rings. The standard InChI is InChI=1S/C18H20ClN3O5/c1-9-4-10(2)22-18(25)12(9)7-21-17(24)11-5-13(19)16(14(6-11)26-3)27-8-15(20)23/h4-6H,7-8H2,1-3H3,(H2,20,23)(H,21,24)(H,22,25). The molecule has 0 radical (unpaired) electrons. The zero-order valence-corrected chi connectivity index (χ0v) is 15.9. The molecule has 8 nitrogen and oxygen atoms in total. The minimum Gasteiger partial charge on any atom is -0.493 e. The third kappa shape index (κ3) is 5.01. The van der Waals surface area contributed by atoms with E-state index in [2.05, 4.69) is 10.3 Å². The molecule has 1 aromatic heterocycles. The molecule has 1 aromatic carbocycles. The Morgan fingerprint density at radius 2 is 1.96 bits per heavy atom. The van der Waals surface area contributed by atoms with Crippen LogP contribution in [0.3, 0.4) is 0 Å². The monoisotopic (exact) mass is 393 g/mol. The van der Waals surface area contributed by atoms with Crippen molar-refractivity contribution < 1.29 is 19.1 Å². The van der Waals surface area contributed by atoms with Crippen molar-refractivity contribution in [3.05, 3.63) is 56.0 Å². The third-order valence-corrected chi connectivity index (χ3v) is 4.05. The number of amides is 2. The zero-order valence-electron chi connectivity index (χ0n) is 15.1. The Morgan fingerprint density at radius 1 is 1.26 bits per heavy atom. The lowest BCUT2D eigenvalue weighted by Gasteiger charge is -2.13. The van der Waals surface area contributed by atoms with E-state index in [1.807, 2.05) is 6.07 Å². The number of carbonyl (C=O) groups is 2. The Bertz CT molecular complexity index is 939. The number of halogens is 1. The average Bonchev–Trinajstić information content (AvgIpc) is 2.58. The summed E-state index contributed by atoms with van der Waals surface area (Å²) in [6, 6.07) is 4.62. The van der Waals surface area contributed by atoms with Crippen LogP contribution in [0.5, 0.6) is 11.5 Å². The molecular weight excluding hydrogens is 374 g/mol. The number of rotatable bonds is 7. The Kier molecular flexibility index (Phi) is 6.46. The number of nitrogens with one attached hydrogen (secondary N) is 2. The van der Waals surface area contributed by atoms with Gasteiger partial charge in [-0.15, -0.1) is 0 Å². The average molecular weight is 394 g/mol. The van der Waals surface area contributed by atoms with Crippen molar-refractivity contribution in [2.45, 2.75) is 20.4 Å². The fraction of sp³-hybridized carbons (Fsp3) is 0.278. The summed E-state index contributed by atoms with van der Waals surface area (Å²) >= 11 is 6.13. The predicted molar refractivity (Wildman–Crippen MR) is 100 cm³/mol. The van der Waals surface area contributed by atoms with E-state index in [0.717, 1.165) is 11.3 Å². The number of carbonyl (C=O) groups excluding carboxylic acids is 2. The van der Waals surface area contributed by atoms with Crippen molar-refractivity contribution in [3.8, 4) is 11.5 Å². The van der Waals surface area contributed by atoms with Crippen LogP contribution in [-0.2, 0) is 11.3 Å². The molecule has 1 heterocycles. The number of aromatic amines is 1. The largest absolute Gasteiger partial charge is 0.493 e. The van der Waals surface area contributed by atoms with E-state index in [9.17, 15) is 14.4 Å². The maximum atomic E-state index is 12.5. The van der Waals surface area contributed by atoms with Crippen molar-refractivity contribution in [3.63, 3.8) is 0 Å². The Labute approximate surface area is 160 Å². The number of pyridine rings is 1. The number of benzene rings is 1. The summed E-state index contributed by atoms with van der Waals surface area (Å²) < 4.78 is 10.4. The molecule has 0 unspecified atom stereocenters. The number of hydrogen-bond acceptors (Lipinski definition) is 5. The molecule has 2 rings (SSSR count). The van der Waals surface area contributed by atoms with Crippen molar-refractivity contribution in [2.24, 2.45) is 5.73 Å². The van der Waals surface area contributed by atoms with E-state index in [-0.39, 0.29) is 40.8 Å². The SMILES string of the molecule is COc1cc(C(=O)NCc2c(C)cc(C)[nH]c2=O)cc(Cl)c1OCC(N)=O. The summed E-state index contributed by atoms with van der Waals surface area (Å²) in [5.74, 6) is -0.830. The lowest BCUT2D eigenvalue weighted by molar-refractivity contribution is -0.119. The normalized spacial score (nSPS) is 10.4. The molecule has 4 N–H and O–H groups in total. The zero-order chi connectivity index (χ0) is 20.1. The van der Waals surface area contributed by atoms with E-state index in [1.165, 1.54) is 19.2 Å². The highest BCUT2D eigenvalue weighted by Gasteiger charge is 2.17. The highest BCUT2D eigenvalue weighted by molar-refractivity contribution is 6.32. The first-order valence-electron chi connectivity index (χ1n) is 7.99. The van der Waals surface area contributed by atoms with E-state index in [4.69, 9.17) is 26.8 Å². The van der Waals surface area contributed by atoms with Gasteiger partial charge < -0.3 is 25.5 Å². The summed E-state index contributed by atoms with van der Waals surface area (Å²) in [5, 5.41) is 2.76. The van der Waals surface area contributed by atoms with Crippen LogP contribution in [0, 0.1) is 13.8 Å². The molecule has 144 valence electrons. The summed E-state index contributed by atoms with van der Waals surface area (Å²) in [6.45, 7) is 3.26. The van der Waals surface area contributed by atoms with Gasteiger partial charge in [-0.2, -0.15) is 0 Å². The Morgan fingerprint density at radius 3 is 2.56 bits per heavy atom. The topological polar surface area (TPSA) is 124 Å². The van der Waals surface area contributed by atoms with Gasteiger partial charge in [-0.05, 0) is 37.6 Å². The molecule has 0 aliphatic rings. The first-order valence-corrected chi connectivity index (χ1v) is 8.37. The molecule has 2 aromatic rings. The minimum atomic E-state index is -0.673. The van der Waals surface area contributed by atoms with E-state index < -0.39 is 11.8 Å². The number of nitrogens with two attached hydrogens (primary N) is 1. The van der Waals surface area contributed by atoms with E-state index in [0.29, 0.717) is 5.56 Å². The lowest BCUT2D eigenvalue weighted by Crippen LogP contribution is -2.28. The molecule has 0 aliphatic heterocycles. The molecular formula is C18H20ClN3O5. The van der Waals surface area contributed by atoms with Crippen LogP contribution < -0.4 is 26.1 Å². The van der Waals surface area contributed by atoms with Gasteiger partial charge >= 0.3 is 0 Å². The van der Waals surface area contributed by atoms with E-state index >= 15 is 0 Å². The summed E-state index contributed by atoms with van der Waals surface area (Å²) in [5.41, 5.74) is 7.00. The number of ether oxygens (including phenoxy) is 2. The highest BCUT2D eigenvalue weighted by Crippen LogP contribution is 2.36. The number of aryl methyl sites for hydroxylation is 2. The van der Waals surface area contributed by atoms with Crippen molar-refractivity contribution in [1.82, 2.24) is 10.3 Å². The van der Waals surface area contributed by atoms with Gasteiger partial charge in [-0.1, -0.05) is 11.6 Å². The molecule has 9 heteroatoms. The highest BCUT2D eigenvalue weighted by atomic mass is 35.5. The number of H-pyrrole nitrogens is 1. The first kappa shape index (κ1) is 20.3. The fourth-order valence-corrected chi connectivity index (χ4v) is 2.77. The molecule has 0 saturated carbocycles. The second-order valence-electron chi connectivity index (χ2n) is 5.87. The number of methoxy groups -OCH3 is 1. The maximum absolute atomic E-state index is 12.5. The number of aromatic nitrogens is 1. The Balaban J connectivity index is 2.20. The van der Waals surface area contributed by atoms with Gasteiger partial charge in [-0.3, -0.25) is 14.4 Å². The van der Waals surface area contributed by atoms with Crippen LogP contribution in [0.1, 0.15) is 27.2 Å². The third-order valence-electron chi connectivity index (χ3n) is 3.77. The van der Waals surface area contributed by atoms with Gasteiger partial charge in [-0.25, -0.2) is 0 Å². The quantitative estimate of drug-likeness (QED) is 0.656. The van der Waals surface area contributed by atoms with E-state index in [1.54, 1.807) is 13.8 Å². The van der Waals surface area contributed by atoms with Gasteiger partial charge in [0.05, 0.1) is 12.1 Å². The van der Waals surface area contributed by atoms with Crippen LogP contribution in [0.2, 0.25) is 5.02 Å². The van der Waals surface area contributed by atoms with Crippen LogP contribution in [0.4, 0.5) is 0 Å². The van der Waals surface area contributed by atoms with Gasteiger partial charge in [0.25, 0.3) is 17.4 Å². The summed E-state index contributed by atoms with van der Waals surface area (Å²) in [4.78, 5) is 38.1. The molecule has 0 bridgehead atoms. The molecule has 0 atom stereocenters. The second kappa shape index (κ2) is 8.59. The molecule has 0 saturated heterocycles. The van der Waals surface area contributed by atoms with Crippen LogP contribution in [0.15, 0.2) is 23.0 Å². The van der Waals surface area contributed by atoms with Gasteiger partial charge in [0.2, 0.25) is 0 Å². The lowest BCUT2D eigenvalue weighted by atomic mass is 10.1.